The maximum atomic E-state index is 13.0. The Morgan fingerprint density at radius 2 is 1.43 bits per heavy atom. The average Bonchev–Trinajstić information content (AvgIpc) is 2.73. The first-order chi connectivity index (χ1) is 14.2. The Morgan fingerprint density at radius 3 is 1.90 bits per heavy atom. The SMILES string of the molecule is CCOC(=O)c1cc(NS(=O)(=O)c2cc(OC)ccc2OC)cc(C(=O)OCC)c1. The zero-order chi connectivity index (χ0) is 22.3. The Bertz CT molecular complexity index is 997. The zero-order valence-electron chi connectivity index (χ0n) is 17.1. The summed E-state index contributed by atoms with van der Waals surface area (Å²) in [5.41, 5.74) is -0.0242. The molecule has 0 fully saturated rings. The molecule has 0 aliphatic carbocycles. The van der Waals surface area contributed by atoms with E-state index in [1.807, 2.05) is 0 Å². The minimum absolute atomic E-state index is 0.00212. The van der Waals surface area contributed by atoms with E-state index in [0.717, 1.165) is 0 Å². The summed E-state index contributed by atoms with van der Waals surface area (Å²) < 4.78 is 48.5. The lowest BCUT2D eigenvalue weighted by atomic mass is 10.1. The second-order valence-electron chi connectivity index (χ2n) is 5.86. The Balaban J connectivity index is 2.52. The molecule has 0 unspecified atom stereocenters. The Hall–Kier alpha value is -3.27. The van der Waals surface area contributed by atoms with Crippen molar-refractivity contribution in [1.29, 1.82) is 0 Å². The van der Waals surface area contributed by atoms with Gasteiger partial charge >= 0.3 is 11.9 Å². The summed E-state index contributed by atoms with van der Waals surface area (Å²) in [7, 11) is -1.42. The predicted molar refractivity (Wildman–Crippen MR) is 109 cm³/mol. The lowest BCUT2D eigenvalue weighted by Crippen LogP contribution is -2.16. The van der Waals surface area contributed by atoms with E-state index < -0.39 is 22.0 Å². The molecule has 0 aliphatic rings. The maximum absolute atomic E-state index is 13.0. The normalized spacial score (nSPS) is 10.8. The molecule has 2 aromatic carbocycles. The third-order valence-electron chi connectivity index (χ3n) is 3.87. The summed E-state index contributed by atoms with van der Waals surface area (Å²) >= 11 is 0. The largest absolute Gasteiger partial charge is 0.497 e. The highest BCUT2D eigenvalue weighted by Crippen LogP contribution is 2.30. The first-order valence-electron chi connectivity index (χ1n) is 8.99. The molecule has 0 aromatic heterocycles. The average molecular weight is 437 g/mol. The van der Waals surface area contributed by atoms with Crippen molar-refractivity contribution in [1.82, 2.24) is 0 Å². The Kier molecular flexibility index (Phi) is 7.65. The molecule has 10 heteroatoms. The molecule has 0 radical (unpaired) electrons. The molecular weight excluding hydrogens is 414 g/mol. The van der Waals surface area contributed by atoms with Crippen molar-refractivity contribution in [2.45, 2.75) is 18.7 Å². The van der Waals surface area contributed by atoms with Crippen LogP contribution in [0.2, 0.25) is 0 Å². The van der Waals surface area contributed by atoms with Crippen LogP contribution in [-0.2, 0) is 19.5 Å². The molecule has 0 heterocycles. The molecule has 2 rings (SSSR count). The van der Waals surface area contributed by atoms with Gasteiger partial charge < -0.3 is 18.9 Å². The lowest BCUT2D eigenvalue weighted by molar-refractivity contribution is 0.0525. The molecule has 0 atom stereocenters. The summed E-state index contributed by atoms with van der Waals surface area (Å²) in [6.45, 7) is 3.49. The van der Waals surface area contributed by atoms with Crippen LogP contribution in [0, 0.1) is 0 Å². The van der Waals surface area contributed by atoms with E-state index in [0.29, 0.717) is 5.75 Å². The Morgan fingerprint density at radius 1 is 0.867 bits per heavy atom. The van der Waals surface area contributed by atoms with E-state index in [2.05, 4.69) is 4.72 Å². The van der Waals surface area contributed by atoms with Crippen LogP contribution in [0.25, 0.3) is 0 Å². The van der Waals surface area contributed by atoms with E-state index in [4.69, 9.17) is 18.9 Å². The fraction of sp³-hybridized carbons (Fsp3) is 0.300. The Labute approximate surface area is 174 Å². The van der Waals surface area contributed by atoms with Crippen molar-refractivity contribution in [2.75, 3.05) is 32.2 Å². The fourth-order valence-electron chi connectivity index (χ4n) is 2.56. The minimum atomic E-state index is -4.16. The van der Waals surface area contributed by atoms with Crippen molar-refractivity contribution in [2.24, 2.45) is 0 Å². The second-order valence-corrected chi connectivity index (χ2v) is 7.51. The van der Waals surface area contributed by atoms with Gasteiger partial charge in [-0.05, 0) is 44.2 Å². The number of anilines is 1. The molecule has 9 nitrogen and oxygen atoms in total. The van der Waals surface area contributed by atoms with Gasteiger partial charge in [-0.1, -0.05) is 0 Å². The molecule has 0 spiro atoms. The summed E-state index contributed by atoms with van der Waals surface area (Å²) in [4.78, 5) is 24.1. The molecule has 0 saturated heterocycles. The minimum Gasteiger partial charge on any atom is -0.497 e. The van der Waals surface area contributed by atoms with Gasteiger partial charge in [-0.25, -0.2) is 18.0 Å². The number of sulfonamides is 1. The smallest absolute Gasteiger partial charge is 0.338 e. The van der Waals surface area contributed by atoms with Crippen LogP contribution in [0.1, 0.15) is 34.6 Å². The van der Waals surface area contributed by atoms with Crippen LogP contribution in [0.5, 0.6) is 11.5 Å². The number of rotatable bonds is 9. The van der Waals surface area contributed by atoms with Crippen molar-refractivity contribution in [3.8, 4) is 11.5 Å². The van der Waals surface area contributed by atoms with Crippen LogP contribution >= 0.6 is 0 Å². The van der Waals surface area contributed by atoms with Gasteiger partial charge in [0.25, 0.3) is 10.0 Å². The van der Waals surface area contributed by atoms with E-state index in [9.17, 15) is 18.0 Å². The number of carbonyl (C=O) groups is 2. The first kappa shape index (κ1) is 23.0. The standard InChI is InChI=1S/C20H23NO8S/c1-5-28-19(22)13-9-14(20(23)29-6-2)11-15(10-13)21-30(24,25)18-12-16(26-3)7-8-17(18)27-4/h7-12,21H,5-6H2,1-4H3. The van der Waals surface area contributed by atoms with E-state index >= 15 is 0 Å². The summed E-state index contributed by atoms with van der Waals surface area (Å²) in [6, 6.07) is 8.11. The first-order valence-corrected chi connectivity index (χ1v) is 10.5. The fourth-order valence-corrected chi connectivity index (χ4v) is 3.78. The van der Waals surface area contributed by atoms with Gasteiger partial charge in [-0.3, -0.25) is 4.72 Å². The summed E-state index contributed by atoms with van der Waals surface area (Å²) in [5.74, 6) is -1.01. The van der Waals surface area contributed by atoms with Crippen molar-refractivity contribution < 1.29 is 37.0 Å². The van der Waals surface area contributed by atoms with Crippen LogP contribution < -0.4 is 14.2 Å². The lowest BCUT2D eigenvalue weighted by Gasteiger charge is -2.14. The molecule has 0 bridgehead atoms. The third-order valence-corrected chi connectivity index (χ3v) is 5.27. The monoisotopic (exact) mass is 437 g/mol. The second kappa shape index (κ2) is 9.97. The van der Waals surface area contributed by atoms with Gasteiger partial charge in [0, 0.05) is 6.07 Å². The van der Waals surface area contributed by atoms with Crippen molar-refractivity contribution >= 4 is 27.6 Å². The van der Waals surface area contributed by atoms with Crippen LogP contribution in [0.3, 0.4) is 0 Å². The van der Waals surface area contributed by atoms with Crippen LogP contribution in [-0.4, -0.2) is 47.8 Å². The molecule has 1 N–H and O–H groups in total. The van der Waals surface area contributed by atoms with Gasteiger partial charge in [0.05, 0.1) is 44.2 Å². The number of benzene rings is 2. The summed E-state index contributed by atoms with van der Waals surface area (Å²) in [6.07, 6.45) is 0. The topological polar surface area (TPSA) is 117 Å². The van der Waals surface area contributed by atoms with Crippen molar-refractivity contribution in [3.05, 3.63) is 47.5 Å². The highest BCUT2D eigenvalue weighted by atomic mass is 32.2. The molecular formula is C20H23NO8S. The molecule has 0 amide bonds. The molecule has 0 aliphatic heterocycles. The number of carbonyl (C=O) groups excluding carboxylic acids is 2. The quantitative estimate of drug-likeness (QED) is 0.595. The molecule has 2 aromatic rings. The zero-order valence-corrected chi connectivity index (χ0v) is 17.9. The van der Waals surface area contributed by atoms with E-state index in [1.165, 1.54) is 44.6 Å². The van der Waals surface area contributed by atoms with Crippen LogP contribution in [0.4, 0.5) is 5.69 Å². The number of esters is 2. The number of hydrogen-bond donors (Lipinski definition) is 1. The predicted octanol–water partition coefficient (Wildman–Crippen LogP) is 2.86. The van der Waals surface area contributed by atoms with Crippen molar-refractivity contribution in [3.63, 3.8) is 0 Å². The molecule has 30 heavy (non-hydrogen) atoms. The number of methoxy groups -OCH3 is 2. The number of ether oxygens (including phenoxy) is 4. The molecule has 162 valence electrons. The van der Waals surface area contributed by atoms with Gasteiger partial charge in [-0.2, -0.15) is 0 Å². The highest BCUT2D eigenvalue weighted by molar-refractivity contribution is 7.92. The maximum Gasteiger partial charge on any atom is 0.338 e. The van der Waals surface area contributed by atoms with Gasteiger partial charge in [0.2, 0.25) is 0 Å². The number of hydrogen-bond acceptors (Lipinski definition) is 8. The summed E-state index contributed by atoms with van der Waals surface area (Å²) in [5, 5.41) is 0. The highest BCUT2D eigenvalue weighted by Gasteiger charge is 2.23. The van der Waals surface area contributed by atoms with Crippen LogP contribution in [0.15, 0.2) is 41.3 Å². The van der Waals surface area contributed by atoms with E-state index in [-0.39, 0.29) is 40.7 Å². The molecule has 0 saturated carbocycles. The van der Waals surface area contributed by atoms with Gasteiger partial charge in [-0.15, -0.1) is 0 Å². The van der Waals surface area contributed by atoms with Gasteiger partial charge in [0.15, 0.2) is 0 Å². The third kappa shape index (κ3) is 5.41. The van der Waals surface area contributed by atoms with Gasteiger partial charge in [0.1, 0.15) is 16.4 Å². The van der Waals surface area contributed by atoms with E-state index in [1.54, 1.807) is 19.9 Å². The number of nitrogens with one attached hydrogen (secondary N) is 1.